The Morgan fingerprint density at radius 1 is 0.333 bits per heavy atom. The van der Waals surface area contributed by atoms with Crippen LogP contribution in [0.1, 0.15) is 0 Å². The first-order chi connectivity index (χ1) is 26.8. The second-order valence-corrected chi connectivity index (χ2v) is 17.8. The monoisotopic (exact) mass is 706 g/mol. The van der Waals surface area contributed by atoms with E-state index in [4.69, 9.17) is 4.98 Å². The molecule has 0 unspecified atom stereocenters. The highest BCUT2D eigenvalue weighted by molar-refractivity contribution is 7.19. The zero-order chi connectivity index (χ0) is 35.6. The van der Waals surface area contributed by atoms with Gasteiger partial charge in [0.05, 0.1) is 33.1 Å². The van der Waals surface area contributed by atoms with Crippen LogP contribution in [-0.2, 0) is 0 Å². The lowest BCUT2D eigenvalue weighted by Crippen LogP contribution is -2.74. The molecule has 0 bridgehead atoms. The van der Waals surface area contributed by atoms with Crippen LogP contribution in [0.25, 0.3) is 61.0 Å². The van der Waals surface area contributed by atoms with Gasteiger partial charge in [0.2, 0.25) is 5.78 Å². The van der Waals surface area contributed by atoms with Gasteiger partial charge in [-0.2, -0.15) is 0 Å². The van der Waals surface area contributed by atoms with Crippen molar-refractivity contribution in [3.05, 3.63) is 206 Å². The van der Waals surface area contributed by atoms with Gasteiger partial charge in [-0.05, 0) is 75.3 Å². The van der Waals surface area contributed by atoms with Gasteiger partial charge >= 0.3 is 0 Å². The Morgan fingerprint density at radius 3 is 1.44 bits per heavy atom. The standard InChI is InChI=1S/C49H34N4Si/c1-4-18-37(19-5-1)54(38-20-6-2-7-21-38,39-22-8-3-9-23-39)40-24-16-17-35(33-40)52-47-32-31-36(34-48(47)53-46-30-15-12-27-43(46)50-49(52)53)51-44-28-13-10-25-41(44)42-26-11-14-29-45(42)51/h1-34H. The van der Waals surface area contributed by atoms with Crippen LogP contribution in [0.4, 0.5) is 0 Å². The average molecular weight is 707 g/mol. The van der Waals surface area contributed by atoms with Crippen LogP contribution in [-0.4, -0.2) is 26.6 Å². The molecule has 0 radical (unpaired) electrons. The summed E-state index contributed by atoms with van der Waals surface area (Å²) in [6.45, 7) is 0. The van der Waals surface area contributed by atoms with E-state index in [0.717, 1.165) is 39.2 Å². The molecule has 0 fully saturated rings. The molecular formula is C49H34N4Si. The number of benzene rings is 8. The molecule has 0 spiro atoms. The lowest BCUT2D eigenvalue weighted by Gasteiger charge is -2.34. The van der Waals surface area contributed by atoms with Crippen molar-refractivity contribution in [1.29, 1.82) is 0 Å². The Labute approximate surface area is 313 Å². The first kappa shape index (κ1) is 30.7. The molecule has 0 atom stereocenters. The van der Waals surface area contributed by atoms with Crippen LogP contribution in [0.5, 0.6) is 0 Å². The Bertz CT molecular complexity index is 3010. The van der Waals surface area contributed by atoms with Crippen LogP contribution in [0, 0.1) is 0 Å². The Hall–Kier alpha value is -6.95. The smallest absolute Gasteiger partial charge is 0.220 e. The molecule has 254 valence electrons. The summed E-state index contributed by atoms with van der Waals surface area (Å²) in [5.41, 5.74) is 8.89. The Morgan fingerprint density at radius 2 is 0.833 bits per heavy atom. The fourth-order valence-corrected chi connectivity index (χ4v) is 13.7. The predicted octanol–water partition coefficient (Wildman–Crippen LogP) is 8.91. The molecule has 0 aliphatic rings. The first-order valence-corrected chi connectivity index (χ1v) is 20.5. The normalized spacial score (nSPS) is 12.1. The van der Waals surface area contributed by atoms with E-state index in [0.29, 0.717) is 0 Å². The Kier molecular flexibility index (Phi) is 6.84. The van der Waals surface area contributed by atoms with E-state index in [1.54, 1.807) is 0 Å². The molecule has 0 saturated carbocycles. The molecule has 3 heterocycles. The van der Waals surface area contributed by atoms with E-state index >= 15 is 0 Å². The van der Waals surface area contributed by atoms with Crippen LogP contribution in [0.3, 0.4) is 0 Å². The minimum Gasteiger partial charge on any atom is -0.309 e. The molecule has 3 aromatic heterocycles. The van der Waals surface area contributed by atoms with Gasteiger partial charge in [-0.1, -0.05) is 152 Å². The number of hydrogen-bond acceptors (Lipinski definition) is 1. The molecule has 8 aromatic carbocycles. The van der Waals surface area contributed by atoms with Crippen molar-refractivity contribution in [3.8, 4) is 11.4 Å². The van der Waals surface area contributed by atoms with E-state index in [9.17, 15) is 0 Å². The highest BCUT2D eigenvalue weighted by atomic mass is 28.3. The van der Waals surface area contributed by atoms with Crippen LogP contribution in [0.15, 0.2) is 206 Å². The number of para-hydroxylation sites is 4. The summed E-state index contributed by atoms with van der Waals surface area (Å²) in [6.07, 6.45) is 0. The van der Waals surface area contributed by atoms with Gasteiger partial charge in [-0.25, -0.2) is 4.98 Å². The van der Waals surface area contributed by atoms with E-state index in [2.05, 4.69) is 220 Å². The summed E-state index contributed by atoms with van der Waals surface area (Å²) in [4.78, 5) is 5.32. The van der Waals surface area contributed by atoms with Crippen molar-refractivity contribution in [3.63, 3.8) is 0 Å². The van der Waals surface area contributed by atoms with Crippen LogP contribution in [0.2, 0.25) is 0 Å². The molecule has 0 N–H and O–H groups in total. The lowest BCUT2D eigenvalue weighted by molar-refractivity contribution is 1.11. The van der Waals surface area contributed by atoms with Crippen molar-refractivity contribution in [2.45, 2.75) is 0 Å². The molecule has 0 aliphatic carbocycles. The largest absolute Gasteiger partial charge is 0.309 e. The van der Waals surface area contributed by atoms with Crippen molar-refractivity contribution in [1.82, 2.24) is 18.5 Å². The highest BCUT2D eigenvalue weighted by Gasteiger charge is 2.41. The van der Waals surface area contributed by atoms with Gasteiger partial charge in [0.25, 0.3) is 0 Å². The Balaban J connectivity index is 1.21. The summed E-state index contributed by atoms with van der Waals surface area (Å²) in [6, 6.07) is 75.4. The van der Waals surface area contributed by atoms with Crippen molar-refractivity contribution in [2.75, 3.05) is 0 Å². The molecule has 5 heteroatoms. The molecule has 11 rings (SSSR count). The van der Waals surface area contributed by atoms with Crippen molar-refractivity contribution >= 4 is 78.5 Å². The molecule has 11 aromatic rings. The van der Waals surface area contributed by atoms with Crippen LogP contribution < -0.4 is 20.7 Å². The van der Waals surface area contributed by atoms with Crippen molar-refractivity contribution in [2.24, 2.45) is 0 Å². The number of imidazole rings is 2. The third-order valence-electron chi connectivity index (χ3n) is 11.2. The van der Waals surface area contributed by atoms with E-state index in [1.165, 1.54) is 42.6 Å². The summed E-state index contributed by atoms with van der Waals surface area (Å²) >= 11 is 0. The summed E-state index contributed by atoms with van der Waals surface area (Å²) < 4.78 is 7.09. The maximum Gasteiger partial charge on any atom is 0.220 e. The molecule has 0 amide bonds. The average Bonchev–Trinajstić information content (AvgIpc) is 3.89. The number of hydrogen-bond donors (Lipinski definition) is 0. The fraction of sp³-hybridized carbons (Fsp3) is 0. The molecule has 0 aliphatic heterocycles. The molecular weight excluding hydrogens is 673 g/mol. The molecule has 0 saturated heterocycles. The van der Waals surface area contributed by atoms with Gasteiger partial charge < -0.3 is 4.57 Å². The minimum atomic E-state index is -2.75. The highest BCUT2D eigenvalue weighted by Crippen LogP contribution is 2.35. The minimum absolute atomic E-state index is 0.897. The third kappa shape index (κ3) is 4.39. The fourth-order valence-electron chi connectivity index (χ4n) is 8.93. The van der Waals surface area contributed by atoms with E-state index < -0.39 is 8.07 Å². The van der Waals surface area contributed by atoms with E-state index in [-0.39, 0.29) is 0 Å². The van der Waals surface area contributed by atoms with Gasteiger partial charge in [0.15, 0.2) is 8.07 Å². The first-order valence-electron chi connectivity index (χ1n) is 18.5. The quantitative estimate of drug-likeness (QED) is 0.125. The number of rotatable bonds is 6. The van der Waals surface area contributed by atoms with Gasteiger partial charge in [0.1, 0.15) is 0 Å². The van der Waals surface area contributed by atoms with E-state index in [1.807, 2.05) is 0 Å². The zero-order valence-electron chi connectivity index (χ0n) is 29.4. The summed E-state index contributed by atoms with van der Waals surface area (Å²) in [5.74, 6) is 0.897. The second-order valence-electron chi connectivity index (χ2n) is 14.0. The topological polar surface area (TPSA) is 27.2 Å². The predicted molar refractivity (Wildman–Crippen MR) is 227 cm³/mol. The maximum atomic E-state index is 5.32. The van der Waals surface area contributed by atoms with Gasteiger partial charge in [-0.3, -0.25) is 8.97 Å². The third-order valence-corrected chi connectivity index (χ3v) is 16.0. The van der Waals surface area contributed by atoms with Crippen molar-refractivity contribution < 1.29 is 0 Å². The molecule has 4 nitrogen and oxygen atoms in total. The lowest BCUT2D eigenvalue weighted by atomic mass is 10.2. The number of nitrogens with zero attached hydrogens (tertiary/aromatic N) is 4. The van der Waals surface area contributed by atoms with Gasteiger partial charge in [0, 0.05) is 22.1 Å². The maximum absolute atomic E-state index is 5.32. The number of fused-ring (bicyclic) bond motifs is 8. The van der Waals surface area contributed by atoms with Crippen LogP contribution >= 0.6 is 0 Å². The molecule has 54 heavy (non-hydrogen) atoms. The zero-order valence-corrected chi connectivity index (χ0v) is 30.4. The SMILES string of the molecule is c1ccc([Si](c2ccccc2)(c2ccccc2)c2cccc(-n3c4ccc(-n5c6ccccc6c6ccccc65)cc4n4c5ccccc5nc34)c2)cc1. The number of aromatic nitrogens is 4. The van der Waals surface area contributed by atoms with Gasteiger partial charge in [-0.15, -0.1) is 0 Å². The second kappa shape index (κ2) is 12.1. The summed E-state index contributed by atoms with van der Waals surface area (Å²) in [5, 5.41) is 7.88. The summed E-state index contributed by atoms with van der Waals surface area (Å²) in [7, 11) is -2.75.